The monoisotopic (exact) mass is 268 g/mol. The molecule has 1 rings (SSSR count). The number of hydrogen-bond donors (Lipinski definition) is 0. The molecule has 3 nitrogen and oxygen atoms in total. The molecule has 0 saturated heterocycles. The lowest BCUT2D eigenvalue weighted by molar-refractivity contribution is 0.206. The third-order valence-electron chi connectivity index (χ3n) is 2.12. The van der Waals surface area contributed by atoms with Crippen molar-refractivity contribution in [2.45, 2.75) is 0 Å². The second kappa shape index (κ2) is 5.74. The van der Waals surface area contributed by atoms with Gasteiger partial charge in [0.05, 0.1) is 17.9 Å². The Morgan fingerprint density at radius 1 is 1.53 bits per heavy atom. The summed E-state index contributed by atoms with van der Waals surface area (Å²) in [5.41, 5.74) is 1.60. The quantitative estimate of drug-likeness (QED) is 0.842. The Labute approximate surface area is 98.4 Å². The van der Waals surface area contributed by atoms with E-state index in [4.69, 9.17) is 10.00 Å². The van der Waals surface area contributed by atoms with Crippen molar-refractivity contribution in [1.82, 2.24) is 0 Å². The first-order valence-corrected chi connectivity index (χ1v) is 5.38. The van der Waals surface area contributed by atoms with Crippen LogP contribution in [0.25, 0.3) is 0 Å². The Kier molecular flexibility index (Phi) is 4.60. The van der Waals surface area contributed by atoms with Crippen LogP contribution in [0.4, 0.5) is 5.69 Å². The van der Waals surface area contributed by atoms with Gasteiger partial charge in [-0.15, -0.1) is 0 Å². The molecular formula is C11H13BrN2O. The first-order chi connectivity index (χ1) is 7.19. The zero-order chi connectivity index (χ0) is 11.3. The van der Waals surface area contributed by atoms with Crippen molar-refractivity contribution < 1.29 is 4.74 Å². The molecule has 0 aromatic heterocycles. The molecule has 0 atom stereocenters. The third-order valence-corrected chi connectivity index (χ3v) is 2.62. The van der Waals surface area contributed by atoms with Crippen LogP contribution in [0.5, 0.6) is 0 Å². The number of benzene rings is 1. The molecule has 1 aromatic carbocycles. The number of nitriles is 1. The molecule has 0 N–H and O–H groups in total. The minimum absolute atomic E-state index is 0.647. The number of rotatable bonds is 4. The highest BCUT2D eigenvalue weighted by molar-refractivity contribution is 9.10. The van der Waals surface area contributed by atoms with E-state index in [9.17, 15) is 0 Å². The van der Waals surface area contributed by atoms with Crippen LogP contribution >= 0.6 is 15.9 Å². The maximum atomic E-state index is 8.96. The summed E-state index contributed by atoms with van der Waals surface area (Å²) >= 11 is 3.39. The van der Waals surface area contributed by atoms with Crippen LogP contribution in [-0.4, -0.2) is 27.3 Å². The van der Waals surface area contributed by atoms with E-state index in [1.807, 2.05) is 30.1 Å². The molecule has 0 spiro atoms. The van der Waals surface area contributed by atoms with Crippen LogP contribution in [0.3, 0.4) is 0 Å². The van der Waals surface area contributed by atoms with Gasteiger partial charge in [-0.05, 0) is 18.2 Å². The van der Waals surface area contributed by atoms with Crippen LogP contribution < -0.4 is 4.90 Å². The molecule has 0 unspecified atom stereocenters. The molecule has 0 saturated carbocycles. The van der Waals surface area contributed by atoms with E-state index in [1.165, 1.54) is 0 Å². The number of anilines is 1. The minimum Gasteiger partial charge on any atom is -0.383 e. The summed E-state index contributed by atoms with van der Waals surface area (Å²) in [6, 6.07) is 7.79. The highest BCUT2D eigenvalue weighted by Crippen LogP contribution is 2.23. The van der Waals surface area contributed by atoms with Gasteiger partial charge in [0.15, 0.2) is 0 Å². The highest BCUT2D eigenvalue weighted by Gasteiger charge is 2.07. The van der Waals surface area contributed by atoms with Gasteiger partial charge in [-0.25, -0.2) is 0 Å². The largest absolute Gasteiger partial charge is 0.383 e. The Morgan fingerprint density at radius 2 is 2.27 bits per heavy atom. The normalized spacial score (nSPS) is 9.73. The minimum atomic E-state index is 0.647. The van der Waals surface area contributed by atoms with Crippen molar-refractivity contribution in [3.63, 3.8) is 0 Å². The predicted molar refractivity (Wildman–Crippen MR) is 64.0 cm³/mol. The maximum absolute atomic E-state index is 8.96. The fraction of sp³-hybridized carbons (Fsp3) is 0.364. The summed E-state index contributed by atoms with van der Waals surface area (Å²) in [6.45, 7) is 1.41. The van der Waals surface area contributed by atoms with Gasteiger partial charge in [-0.2, -0.15) is 5.26 Å². The third kappa shape index (κ3) is 3.22. The van der Waals surface area contributed by atoms with Crippen molar-refractivity contribution in [2.24, 2.45) is 0 Å². The van der Waals surface area contributed by atoms with Crippen molar-refractivity contribution in [2.75, 3.05) is 32.2 Å². The summed E-state index contributed by atoms with van der Waals surface area (Å²) in [7, 11) is 3.61. The van der Waals surface area contributed by atoms with Crippen LogP contribution in [0.15, 0.2) is 22.7 Å². The molecule has 0 bridgehead atoms. The van der Waals surface area contributed by atoms with Crippen molar-refractivity contribution in [3.05, 3.63) is 28.2 Å². The molecule has 80 valence electrons. The van der Waals surface area contributed by atoms with Gasteiger partial charge >= 0.3 is 0 Å². The number of likely N-dealkylation sites (N-methyl/N-ethyl adjacent to an activating group) is 1. The second-order valence-corrected chi connectivity index (χ2v) is 4.10. The van der Waals surface area contributed by atoms with E-state index in [0.29, 0.717) is 12.2 Å². The average molecular weight is 269 g/mol. The van der Waals surface area contributed by atoms with Crippen molar-refractivity contribution in [3.8, 4) is 6.07 Å². The van der Waals surface area contributed by atoms with Gasteiger partial charge < -0.3 is 9.64 Å². The molecule has 0 aliphatic rings. The highest BCUT2D eigenvalue weighted by atomic mass is 79.9. The summed E-state index contributed by atoms with van der Waals surface area (Å²) in [4.78, 5) is 2.01. The lowest BCUT2D eigenvalue weighted by atomic mass is 10.2. The number of methoxy groups -OCH3 is 1. The van der Waals surface area contributed by atoms with Gasteiger partial charge in [-0.3, -0.25) is 0 Å². The van der Waals surface area contributed by atoms with Gasteiger partial charge in [-0.1, -0.05) is 15.9 Å². The zero-order valence-electron chi connectivity index (χ0n) is 8.83. The van der Waals surface area contributed by atoms with E-state index >= 15 is 0 Å². The maximum Gasteiger partial charge on any atom is 0.101 e. The second-order valence-electron chi connectivity index (χ2n) is 3.19. The zero-order valence-corrected chi connectivity index (χ0v) is 10.4. The van der Waals surface area contributed by atoms with Gasteiger partial charge in [0.2, 0.25) is 0 Å². The first-order valence-electron chi connectivity index (χ1n) is 4.58. The number of nitrogens with zero attached hydrogens (tertiary/aromatic N) is 2. The van der Waals surface area contributed by atoms with E-state index in [-0.39, 0.29) is 0 Å². The van der Waals surface area contributed by atoms with Gasteiger partial charge in [0.25, 0.3) is 0 Å². The first kappa shape index (κ1) is 12.0. The predicted octanol–water partition coefficient (Wildman–Crippen LogP) is 2.40. The number of hydrogen-bond acceptors (Lipinski definition) is 3. The molecule has 0 radical (unpaired) electrons. The molecule has 4 heteroatoms. The number of halogens is 1. The van der Waals surface area contributed by atoms with Crippen LogP contribution in [0, 0.1) is 11.3 Å². The van der Waals surface area contributed by atoms with E-state index in [1.54, 1.807) is 7.11 Å². The Balaban J connectivity index is 2.91. The fourth-order valence-corrected chi connectivity index (χ4v) is 1.61. The van der Waals surface area contributed by atoms with E-state index in [2.05, 4.69) is 22.0 Å². The summed E-state index contributed by atoms with van der Waals surface area (Å²) in [5.74, 6) is 0. The van der Waals surface area contributed by atoms with Crippen LogP contribution in [0.1, 0.15) is 5.56 Å². The SMILES string of the molecule is COCCN(C)c1cc(Br)ccc1C#N. The molecule has 1 aromatic rings. The molecule has 0 amide bonds. The number of ether oxygens (including phenoxy) is 1. The van der Waals surface area contributed by atoms with Crippen molar-refractivity contribution in [1.29, 1.82) is 5.26 Å². The molecule has 0 aliphatic carbocycles. The van der Waals surface area contributed by atoms with Gasteiger partial charge in [0, 0.05) is 25.2 Å². The smallest absolute Gasteiger partial charge is 0.101 e. The van der Waals surface area contributed by atoms with Gasteiger partial charge in [0.1, 0.15) is 6.07 Å². The summed E-state index contributed by atoms with van der Waals surface area (Å²) in [5, 5.41) is 8.96. The summed E-state index contributed by atoms with van der Waals surface area (Å²) in [6.07, 6.45) is 0. The standard InChI is InChI=1S/C11H13BrN2O/c1-14(5-6-15-2)11-7-10(12)4-3-9(11)8-13/h3-4,7H,5-6H2,1-2H3. The average Bonchev–Trinajstić information content (AvgIpc) is 2.25. The topological polar surface area (TPSA) is 36.3 Å². The molecule has 0 aliphatic heterocycles. The lowest BCUT2D eigenvalue weighted by Gasteiger charge is -2.20. The Morgan fingerprint density at radius 3 is 2.87 bits per heavy atom. The van der Waals surface area contributed by atoms with Crippen LogP contribution in [-0.2, 0) is 4.74 Å². The molecule has 15 heavy (non-hydrogen) atoms. The molecular weight excluding hydrogens is 256 g/mol. The Bertz CT molecular complexity index is 373. The lowest BCUT2D eigenvalue weighted by Crippen LogP contribution is -2.22. The van der Waals surface area contributed by atoms with E-state index in [0.717, 1.165) is 16.7 Å². The molecule has 0 heterocycles. The van der Waals surface area contributed by atoms with Crippen LogP contribution in [0.2, 0.25) is 0 Å². The Hall–Kier alpha value is -1.05. The molecule has 0 fully saturated rings. The fourth-order valence-electron chi connectivity index (χ4n) is 1.26. The van der Waals surface area contributed by atoms with Crippen molar-refractivity contribution >= 4 is 21.6 Å². The van der Waals surface area contributed by atoms with E-state index < -0.39 is 0 Å². The summed E-state index contributed by atoms with van der Waals surface area (Å²) < 4.78 is 5.97.